The van der Waals surface area contributed by atoms with Crippen LogP contribution in [0.3, 0.4) is 0 Å². The minimum absolute atomic E-state index is 0.270. The molecule has 2 aromatic rings. The maximum Gasteiger partial charge on any atom is 0.191 e. The molecule has 0 aliphatic carbocycles. The molecule has 0 bridgehead atoms. The molecule has 0 aliphatic heterocycles. The van der Waals surface area contributed by atoms with E-state index in [0.29, 0.717) is 25.7 Å². The smallest absolute Gasteiger partial charge is 0.191 e. The van der Waals surface area contributed by atoms with E-state index in [0.717, 1.165) is 11.3 Å². The van der Waals surface area contributed by atoms with Gasteiger partial charge in [0.1, 0.15) is 5.76 Å². The van der Waals surface area contributed by atoms with Crippen LogP contribution in [0.5, 0.6) is 5.75 Å². The molecule has 0 amide bonds. The Morgan fingerprint density at radius 3 is 2.73 bits per heavy atom. The van der Waals surface area contributed by atoms with Gasteiger partial charge < -0.3 is 19.8 Å². The van der Waals surface area contributed by atoms with Gasteiger partial charge in [0.15, 0.2) is 17.5 Å². The topological polar surface area (TPSA) is 58.8 Å². The summed E-state index contributed by atoms with van der Waals surface area (Å²) in [4.78, 5) is 4.11. The van der Waals surface area contributed by atoms with Crippen LogP contribution in [0.1, 0.15) is 18.2 Å². The van der Waals surface area contributed by atoms with Crippen LogP contribution in [0.15, 0.2) is 46.0 Å². The van der Waals surface area contributed by atoms with Gasteiger partial charge in [-0.3, -0.25) is 4.99 Å². The number of nitrogens with zero attached hydrogens (tertiary/aromatic N) is 1. The van der Waals surface area contributed by atoms with Crippen LogP contribution in [-0.4, -0.2) is 19.6 Å². The maximum absolute atomic E-state index is 13.8. The minimum Gasteiger partial charge on any atom is -0.491 e. The Morgan fingerprint density at radius 2 is 2.09 bits per heavy atom. The second-order valence-corrected chi connectivity index (χ2v) is 4.56. The zero-order valence-electron chi connectivity index (χ0n) is 12.7. The highest BCUT2D eigenvalue weighted by molar-refractivity contribution is 5.79. The van der Waals surface area contributed by atoms with Crippen molar-refractivity contribution in [3.63, 3.8) is 0 Å². The summed E-state index contributed by atoms with van der Waals surface area (Å²) in [6.45, 7) is 3.26. The Hall–Kier alpha value is -2.50. The van der Waals surface area contributed by atoms with Gasteiger partial charge in [-0.1, -0.05) is 6.07 Å². The number of rotatable bonds is 6. The number of halogens is 1. The molecule has 1 aromatic heterocycles. The largest absolute Gasteiger partial charge is 0.491 e. The number of ether oxygens (including phenoxy) is 1. The van der Waals surface area contributed by atoms with Crippen LogP contribution >= 0.6 is 0 Å². The summed E-state index contributed by atoms with van der Waals surface area (Å²) in [5, 5.41) is 6.23. The summed E-state index contributed by atoms with van der Waals surface area (Å²) >= 11 is 0. The molecule has 0 fully saturated rings. The van der Waals surface area contributed by atoms with Crippen molar-refractivity contribution in [1.82, 2.24) is 10.6 Å². The molecule has 118 valence electrons. The molecule has 0 atom stereocenters. The molecule has 2 N–H and O–H groups in total. The first-order valence-corrected chi connectivity index (χ1v) is 7.11. The predicted molar refractivity (Wildman–Crippen MR) is 83.3 cm³/mol. The van der Waals surface area contributed by atoms with Crippen LogP contribution in [-0.2, 0) is 13.1 Å². The average molecular weight is 305 g/mol. The second kappa shape index (κ2) is 8.07. The molecule has 6 heteroatoms. The maximum atomic E-state index is 13.8. The highest BCUT2D eigenvalue weighted by atomic mass is 19.1. The Morgan fingerprint density at radius 1 is 1.27 bits per heavy atom. The lowest BCUT2D eigenvalue weighted by Gasteiger charge is -2.12. The van der Waals surface area contributed by atoms with Crippen molar-refractivity contribution >= 4 is 5.96 Å². The van der Waals surface area contributed by atoms with E-state index in [2.05, 4.69) is 15.6 Å². The SMILES string of the molecule is CCOc1ccc(CNC(=NC)NCc2ccco2)cc1F. The third-order valence-corrected chi connectivity index (χ3v) is 2.99. The molecule has 0 radical (unpaired) electrons. The zero-order chi connectivity index (χ0) is 15.8. The summed E-state index contributed by atoms with van der Waals surface area (Å²) in [5.41, 5.74) is 0.807. The van der Waals surface area contributed by atoms with Crippen molar-refractivity contribution in [3.8, 4) is 5.75 Å². The highest BCUT2D eigenvalue weighted by Gasteiger charge is 2.05. The van der Waals surface area contributed by atoms with E-state index in [9.17, 15) is 4.39 Å². The van der Waals surface area contributed by atoms with E-state index in [1.807, 2.05) is 25.1 Å². The Bertz CT molecular complexity index is 612. The summed E-state index contributed by atoms with van der Waals surface area (Å²) in [6, 6.07) is 8.62. The third kappa shape index (κ3) is 4.51. The third-order valence-electron chi connectivity index (χ3n) is 2.99. The Balaban J connectivity index is 1.86. The van der Waals surface area contributed by atoms with Crippen molar-refractivity contribution in [3.05, 3.63) is 53.7 Å². The Labute approximate surface area is 129 Å². The molecule has 0 saturated heterocycles. The first-order chi connectivity index (χ1) is 10.7. The molecular weight excluding hydrogens is 285 g/mol. The number of guanidine groups is 1. The first kappa shape index (κ1) is 15.9. The average Bonchev–Trinajstić information content (AvgIpc) is 3.03. The minimum atomic E-state index is -0.361. The van der Waals surface area contributed by atoms with E-state index in [-0.39, 0.29) is 11.6 Å². The van der Waals surface area contributed by atoms with Gasteiger partial charge in [0.05, 0.1) is 19.4 Å². The number of hydrogen-bond donors (Lipinski definition) is 2. The van der Waals surface area contributed by atoms with Crippen molar-refractivity contribution < 1.29 is 13.5 Å². The van der Waals surface area contributed by atoms with Crippen LogP contribution in [0.4, 0.5) is 4.39 Å². The Kier molecular flexibility index (Phi) is 5.82. The molecule has 0 saturated carbocycles. The molecule has 22 heavy (non-hydrogen) atoms. The monoisotopic (exact) mass is 305 g/mol. The number of aliphatic imine (C=N–C) groups is 1. The molecule has 0 unspecified atom stereocenters. The van der Waals surface area contributed by atoms with Gasteiger partial charge in [0.25, 0.3) is 0 Å². The lowest BCUT2D eigenvalue weighted by atomic mass is 10.2. The van der Waals surface area contributed by atoms with Gasteiger partial charge in [-0.25, -0.2) is 4.39 Å². The van der Waals surface area contributed by atoms with Gasteiger partial charge >= 0.3 is 0 Å². The predicted octanol–water partition coefficient (Wildman–Crippen LogP) is 2.68. The standard InChI is InChI=1S/C16H20FN3O2/c1-3-21-15-7-6-12(9-14(15)17)10-19-16(18-2)20-11-13-5-4-8-22-13/h4-9H,3,10-11H2,1-2H3,(H2,18,19,20). The molecule has 0 aliphatic rings. The van der Waals surface area contributed by atoms with Crippen LogP contribution < -0.4 is 15.4 Å². The lowest BCUT2D eigenvalue weighted by Crippen LogP contribution is -2.36. The number of benzene rings is 1. The summed E-state index contributed by atoms with van der Waals surface area (Å²) in [7, 11) is 1.68. The summed E-state index contributed by atoms with van der Waals surface area (Å²) < 4.78 is 24.2. The first-order valence-electron chi connectivity index (χ1n) is 7.11. The van der Waals surface area contributed by atoms with E-state index in [1.165, 1.54) is 6.07 Å². The fraction of sp³-hybridized carbons (Fsp3) is 0.312. The van der Waals surface area contributed by atoms with Gasteiger partial charge in [-0.05, 0) is 36.8 Å². The van der Waals surface area contributed by atoms with Crippen molar-refractivity contribution in [2.24, 2.45) is 4.99 Å². The van der Waals surface area contributed by atoms with Gasteiger partial charge in [0, 0.05) is 13.6 Å². The zero-order valence-corrected chi connectivity index (χ0v) is 12.7. The quantitative estimate of drug-likeness (QED) is 0.636. The van der Waals surface area contributed by atoms with Crippen molar-refractivity contribution in [2.45, 2.75) is 20.0 Å². The molecular formula is C16H20FN3O2. The highest BCUT2D eigenvalue weighted by Crippen LogP contribution is 2.18. The lowest BCUT2D eigenvalue weighted by molar-refractivity contribution is 0.321. The van der Waals surface area contributed by atoms with Crippen molar-refractivity contribution in [1.29, 1.82) is 0 Å². The summed E-state index contributed by atoms with van der Waals surface area (Å²) in [6.07, 6.45) is 1.62. The number of hydrogen-bond acceptors (Lipinski definition) is 3. The molecule has 2 rings (SSSR count). The van der Waals surface area contributed by atoms with E-state index in [1.54, 1.807) is 19.4 Å². The summed E-state index contributed by atoms with van der Waals surface area (Å²) in [5.74, 6) is 1.34. The van der Waals surface area contributed by atoms with Crippen molar-refractivity contribution in [2.75, 3.05) is 13.7 Å². The van der Waals surface area contributed by atoms with E-state index < -0.39 is 0 Å². The molecule has 5 nitrogen and oxygen atoms in total. The van der Waals surface area contributed by atoms with E-state index in [4.69, 9.17) is 9.15 Å². The van der Waals surface area contributed by atoms with Crippen LogP contribution in [0, 0.1) is 5.82 Å². The van der Waals surface area contributed by atoms with Gasteiger partial charge in [-0.2, -0.15) is 0 Å². The fourth-order valence-corrected chi connectivity index (χ4v) is 1.92. The van der Waals surface area contributed by atoms with E-state index >= 15 is 0 Å². The van der Waals surface area contributed by atoms with Crippen LogP contribution in [0.25, 0.3) is 0 Å². The second-order valence-electron chi connectivity index (χ2n) is 4.56. The molecule has 1 heterocycles. The van der Waals surface area contributed by atoms with Gasteiger partial charge in [0.2, 0.25) is 0 Å². The molecule has 0 spiro atoms. The number of furan rings is 1. The number of nitrogens with one attached hydrogen (secondary N) is 2. The van der Waals surface area contributed by atoms with Gasteiger partial charge in [-0.15, -0.1) is 0 Å². The fourth-order valence-electron chi connectivity index (χ4n) is 1.92. The molecule has 1 aromatic carbocycles. The normalized spacial score (nSPS) is 11.3. The van der Waals surface area contributed by atoms with Crippen LogP contribution in [0.2, 0.25) is 0 Å².